The summed E-state index contributed by atoms with van der Waals surface area (Å²) in [5, 5.41) is 5.90. The Kier molecular flexibility index (Phi) is 6.42. The van der Waals surface area contributed by atoms with Crippen LogP contribution in [0.2, 0.25) is 0 Å². The predicted molar refractivity (Wildman–Crippen MR) is 77.3 cm³/mol. The lowest BCUT2D eigenvalue weighted by Crippen LogP contribution is -2.49. The molecule has 2 N–H and O–H groups in total. The zero-order valence-corrected chi connectivity index (χ0v) is 13.0. The van der Waals surface area contributed by atoms with Crippen LogP contribution >= 0.6 is 0 Å². The second-order valence-electron chi connectivity index (χ2n) is 6.02. The molecule has 0 aromatic carbocycles. The van der Waals surface area contributed by atoms with E-state index in [0.29, 0.717) is 6.54 Å². The first-order valence-corrected chi connectivity index (χ1v) is 7.10. The maximum Gasteiger partial charge on any atom is 0.329 e. The maximum absolute atomic E-state index is 11.6. The summed E-state index contributed by atoms with van der Waals surface area (Å²) < 4.78 is 4.69. The number of nitrogens with zero attached hydrogens (tertiary/aromatic N) is 1. The molecule has 1 rings (SSSR count). The Morgan fingerprint density at radius 1 is 1.35 bits per heavy atom. The van der Waals surface area contributed by atoms with Crippen LogP contribution in [0.1, 0.15) is 26.7 Å². The monoisotopic (exact) mass is 285 g/mol. The van der Waals surface area contributed by atoms with Gasteiger partial charge in [-0.25, -0.2) is 4.79 Å². The summed E-state index contributed by atoms with van der Waals surface area (Å²) >= 11 is 0. The van der Waals surface area contributed by atoms with E-state index in [4.69, 9.17) is 4.74 Å². The van der Waals surface area contributed by atoms with Crippen LogP contribution in [-0.4, -0.2) is 63.2 Å². The molecule has 1 heterocycles. The van der Waals surface area contributed by atoms with Gasteiger partial charge in [0, 0.05) is 20.0 Å². The number of hydrogen-bond donors (Lipinski definition) is 2. The first-order chi connectivity index (χ1) is 9.36. The number of carbonyl (C=O) groups is 2. The average Bonchev–Trinajstić information content (AvgIpc) is 2.40. The maximum atomic E-state index is 11.6. The fourth-order valence-electron chi connectivity index (χ4n) is 2.43. The number of carbonyl (C=O) groups excluding carboxylic acids is 2. The first kappa shape index (κ1) is 16.9. The number of methoxy groups -OCH3 is 1. The average molecular weight is 285 g/mol. The molecule has 116 valence electrons. The summed E-state index contributed by atoms with van der Waals surface area (Å²) in [5.41, 5.74) is 0.253. The highest BCUT2D eigenvalue weighted by Gasteiger charge is 2.29. The smallest absolute Gasteiger partial charge is 0.329 e. The molecular weight excluding hydrogens is 258 g/mol. The van der Waals surface area contributed by atoms with Crippen LogP contribution in [-0.2, 0) is 14.3 Å². The SMILES string of the molecule is COC(=O)C(CNCC1(C)CCN(C)CC1)NC(C)=O. The fraction of sp³-hybridized carbons (Fsp3) is 0.857. The molecule has 0 aliphatic carbocycles. The minimum atomic E-state index is -0.618. The molecule has 0 bridgehead atoms. The topological polar surface area (TPSA) is 70.7 Å². The van der Waals surface area contributed by atoms with Crippen LogP contribution in [0.25, 0.3) is 0 Å². The van der Waals surface area contributed by atoms with Crippen molar-refractivity contribution < 1.29 is 14.3 Å². The van der Waals surface area contributed by atoms with E-state index in [1.165, 1.54) is 14.0 Å². The van der Waals surface area contributed by atoms with E-state index in [9.17, 15) is 9.59 Å². The molecule has 1 amide bonds. The van der Waals surface area contributed by atoms with Gasteiger partial charge in [-0.1, -0.05) is 6.92 Å². The number of amides is 1. The van der Waals surface area contributed by atoms with Gasteiger partial charge in [0.2, 0.25) is 5.91 Å². The second-order valence-corrected chi connectivity index (χ2v) is 6.02. The van der Waals surface area contributed by atoms with Gasteiger partial charge in [-0.05, 0) is 38.4 Å². The number of piperidine rings is 1. The summed E-state index contributed by atoms with van der Waals surface area (Å²) in [6.45, 7) is 7.10. The van der Waals surface area contributed by atoms with Gasteiger partial charge < -0.3 is 20.3 Å². The lowest BCUT2D eigenvalue weighted by Gasteiger charge is -2.38. The third-order valence-corrected chi connectivity index (χ3v) is 3.96. The molecule has 1 aliphatic heterocycles. The van der Waals surface area contributed by atoms with Gasteiger partial charge in [0.25, 0.3) is 0 Å². The normalized spacial score (nSPS) is 20.2. The van der Waals surface area contributed by atoms with Crippen molar-refractivity contribution in [2.24, 2.45) is 5.41 Å². The number of nitrogens with one attached hydrogen (secondary N) is 2. The third kappa shape index (κ3) is 5.46. The van der Waals surface area contributed by atoms with Gasteiger partial charge >= 0.3 is 5.97 Å². The predicted octanol–water partition coefficient (Wildman–Crippen LogP) is -0.0144. The van der Waals surface area contributed by atoms with E-state index < -0.39 is 12.0 Å². The molecule has 20 heavy (non-hydrogen) atoms. The minimum absolute atomic E-state index is 0.229. The van der Waals surface area contributed by atoms with Gasteiger partial charge in [0.15, 0.2) is 0 Å². The zero-order chi connectivity index (χ0) is 15.2. The lowest BCUT2D eigenvalue weighted by atomic mass is 9.80. The summed E-state index contributed by atoms with van der Waals surface area (Å²) in [6, 6.07) is -0.618. The molecule has 1 unspecified atom stereocenters. The van der Waals surface area contributed by atoms with Crippen molar-refractivity contribution in [2.45, 2.75) is 32.7 Å². The highest BCUT2D eigenvalue weighted by Crippen LogP contribution is 2.29. The molecule has 0 saturated carbocycles. The van der Waals surface area contributed by atoms with Crippen molar-refractivity contribution in [2.75, 3.05) is 40.3 Å². The molecule has 0 radical (unpaired) electrons. The van der Waals surface area contributed by atoms with Crippen molar-refractivity contribution in [3.8, 4) is 0 Å². The molecule has 1 aliphatic rings. The summed E-state index contributed by atoms with van der Waals surface area (Å²) in [4.78, 5) is 25.0. The number of ether oxygens (including phenoxy) is 1. The Balaban J connectivity index is 2.39. The Bertz CT molecular complexity index is 339. The number of rotatable bonds is 6. The zero-order valence-electron chi connectivity index (χ0n) is 13.0. The molecule has 1 atom stereocenters. The van der Waals surface area contributed by atoms with Crippen molar-refractivity contribution in [1.29, 1.82) is 0 Å². The standard InChI is InChI=1S/C14H27N3O3/c1-11(18)16-12(13(19)20-4)9-15-10-14(2)5-7-17(3)8-6-14/h12,15H,5-10H2,1-4H3,(H,16,18). The van der Waals surface area contributed by atoms with Crippen LogP contribution < -0.4 is 10.6 Å². The molecule has 6 heteroatoms. The van der Waals surface area contributed by atoms with Crippen molar-refractivity contribution in [1.82, 2.24) is 15.5 Å². The summed E-state index contributed by atoms with van der Waals surface area (Å²) in [5.74, 6) is -0.645. The number of hydrogen-bond acceptors (Lipinski definition) is 5. The van der Waals surface area contributed by atoms with E-state index in [1.807, 2.05) is 0 Å². The van der Waals surface area contributed by atoms with Crippen molar-refractivity contribution in [3.05, 3.63) is 0 Å². The largest absolute Gasteiger partial charge is 0.467 e. The van der Waals surface area contributed by atoms with E-state index in [0.717, 1.165) is 32.5 Å². The van der Waals surface area contributed by atoms with Gasteiger partial charge in [0.1, 0.15) is 6.04 Å². The van der Waals surface area contributed by atoms with Crippen LogP contribution in [0.3, 0.4) is 0 Å². The highest BCUT2D eigenvalue weighted by molar-refractivity contribution is 5.83. The van der Waals surface area contributed by atoms with E-state index in [1.54, 1.807) is 0 Å². The molecule has 6 nitrogen and oxygen atoms in total. The van der Waals surface area contributed by atoms with Crippen LogP contribution in [0.4, 0.5) is 0 Å². The quantitative estimate of drug-likeness (QED) is 0.672. The number of esters is 1. The van der Waals surface area contributed by atoms with Gasteiger partial charge in [0.05, 0.1) is 7.11 Å². The Morgan fingerprint density at radius 3 is 2.45 bits per heavy atom. The molecule has 1 saturated heterocycles. The van der Waals surface area contributed by atoms with E-state index >= 15 is 0 Å². The van der Waals surface area contributed by atoms with E-state index in [2.05, 4.69) is 29.5 Å². The van der Waals surface area contributed by atoms with Crippen LogP contribution in [0.5, 0.6) is 0 Å². The highest BCUT2D eigenvalue weighted by atomic mass is 16.5. The van der Waals surface area contributed by atoms with Crippen LogP contribution in [0.15, 0.2) is 0 Å². The number of likely N-dealkylation sites (tertiary alicyclic amines) is 1. The molecular formula is C14H27N3O3. The van der Waals surface area contributed by atoms with Crippen molar-refractivity contribution in [3.63, 3.8) is 0 Å². The van der Waals surface area contributed by atoms with E-state index in [-0.39, 0.29) is 11.3 Å². The Hall–Kier alpha value is -1.14. The van der Waals surface area contributed by atoms with Gasteiger partial charge in [-0.15, -0.1) is 0 Å². The molecule has 0 aromatic heterocycles. The van der Waals surface area contributed by atoms with Gasteiger partial charge in [-0.2, -0.15) is 0 Å². The fourth-order valence-corrected chi connectivity index (χ4v) is 2.43. The first-order valence-electron chi connectivity index (χ1n) is 7.10. The molecule has 0 spiro atoms. The Morgan fingerprint density at radius 2 is 1.95 bits per heavy atom. The molecule has 1 fully saturated rings. The second kappa shape index (κ2) is 7.59. The minimum Gasteiger partial charge on any atom is -0.467 e. The van der Waals surface area contributed by atoms with Gasteiger partial charge in [-0.3, -0.25) is 4.79 Å². The summed E-state index contributed by atoms with van der Waals surface area (Å²) in [6.07, 6.45) is 2.28. The molecule has 0 aromatic rings. The Labute approximate surface area is 121 Å². The van der Waals surface area contributed by atoms with Crippen molar-refractivity contribution >= 4 is 11.9 Å². The van der Waals surface area contributed by atoms with Crippen LogP contribution in [0, 0.1) is 5.41 Å². The third-order valence-electron chi connectivity index (χ3n) is 3.96. The lowest BCUT2D eigenvalue weighted by molar-refractivity contribution is -0.144. The summed E-state index contributed by atoms with van der Waals surface area (Å²) in [7, 11) is 3.46.